The van der Waals surface area contributed by atoms with Crippen LogP contribution in [0.15, 0.2) is 29.2 Å². The number of carbonyl (C=O) groups is 1. The average molecular weight is 286 g/mol. The summed E-state index contributed by atoms with van der Waals surface area (Å²) in [5.74, 6) is -1.30. The highest BCUT2D eigenvalue weighted by atomic mass is 32.2. The van der Waals surface area contributed by atoms with Gasteiger partial charge in [-0.1, -0.05) is 13.0 Å². The lowest BCUT2D eigenvalue weighted by Crippen LogP contribution is -2.16. The Hall–Kier alpha value is -1.40. The minimum absolute atomic E-state index is 0.0140. The molecule has 1 aromatic rings. The van der Waals surface area contributed by atoms with Crippen molar-refractivity contribution in [3.05, 3.63) is 29.8 Å². The first-order chi connectivity index (χ1) is 8.86. The van der Waals surface area contributed by atoms with Crippen molar-refractivity contribution in [1.29, 1.82) is 0 Å². The van der Waals surface area contributed by atoms with Gasteiger partial charge in [0.2, 0.25) is 0 Å². The van der Waals surface area contributed by atoms with Crippen LogP contribution in [0.4, 0.5) is 0 Å². The van der Waals surface area contributed by atoms with E-state index in [1.807, 2.05) is 13.8 Å². The zero-order chi connectivity index (χ0) is 14.5. The van der Waals surface area contributed by atoms with Crippen LogP contribution in [0.25, 0.3) is 0 Å². The van der Waals surface area contributed by atoms with Crippen molar-refractivity contribution >= 4 is 15.8 Å². The normalized spacial score (nSPS) is 13.2. The lowest BCUT2D eigenvalue weighted by atomic mass is 10.2. The molecule has 1 atom stereocenters. The molecule has 0 fully saturated rings. The quantitative estimate of drug-likeness (QED) is 0.829. The van der Waals surface area contributed by atoms with Gasteiger partial charge in [-0.05, 0) is 31.5 Å². The van der Waals surface area contributed by atoms with Crippen molar-refractivity contribution in [2.75, 3.05) is 12.4 Å². The van der Waals surface area contributed by atoms with Crippen LogP contribution in [0.1, 0.15) is 30.6 Å². The third kappa shape index (κ3) is 4.65. The minimum Gasteiger partial charge on any atom is -0.478 e. The molecule has 0 aliphatic heterocycles. The van der Waals surface area contributed by atoms with Crippen LogP contribution >= 0.6 is 0 Å². The summed E-state index contributed by atoms with van der Waals surface area (Å²) in [4.78, 5) is 10.8. The van der Waals surface area contributed by atoms with Gasteiger partial charge in [-0.25, -0.2) is 13.2 Å². The van der Waals surface area contributed by atoms with Crippen LogP contribution in [-0.2, 0) is 14.6 Å². The van der Waals surface area contributed by atoms with E-state index in [0.29, 0.717) is 0 Å². The first-order valence-corrected chi connectivity index (χ1v) is 7.69. The number of hydrogen-bond donors (Lipinski definition) is 1. The SMILES string of the molecule is CCC(C)OCCS(=O)(=O)c1cccc(C(=O)O)c1. The van der Waals surface area contributed by atoms with Crippen molar-refractivity contribution < 1.29 is 23.1 Å². The Morgan fingerprint density at radius 2 is 2.11 bits per heavy atom. The molecule has 0 radical (unpaired) electrons. The van der Waals surface area contributed by atoms with Crippen LogP contribution in [0.3, 0.4) is 0 Å². The van der Waals surface area contributed by atoms with Crippen LogP contribution in [0, 0.1) is 0 Å². The number of aromatic carboxylic acids is 1. The molecule has 1 unspecified atom stereocenters. The van der Waals surface area contributed by atoms with Crippen LogP contribution in [-0.4, -0.2) is 38.0 Å². The van der Waals surface area contributed by atoms with E-state index in [0.717, 1.165) is 6.42 Å². The lowest BCUT2D eigenvalue weighted by Gasteiger charge is -2.10. The molecule has 0 aromatic heterocycles. The number of ether oxygens (including phenoxy) is 1. The number of carboxylic acid groups (broad SMARTS) is 1. The van der Waals surface area contributed by atoms with E-state index < -0.39 is 15.8 Å². The van der Waals surface area contributed by atoms with Crippen molar-refractivity contribution in [3.8, 4) is 0 Å². The highest BCUT2D eigenvalue weighted by Gasteiger charge is 2.16. The van der Waals surface area contributed by atoms with Gasteiger partial charge in [-0.15, -0.1) is 0 Å². The zero-order valence-electron chi connectivity index (χ0n) is 11.0. The third-order valence-corrected chi connectivity index (χ3v) is 4.45. The standard InChI is InChI=1S/C13H18O5S/c1-3-10(2)18-7-8-19(16,17)12-6-4-5-11(9-12)13(14)15/h4-6,9-10H,3,7-8H2,1-2H3,(H,14,15). The molecule has 0 saturated heterocycles. The molecule has 5 nitrogen and oxygen atoms in total. The van der Waals surface area contributed by atoms with Gasteiger partial charge in [-0.2, -0.15) is 0 Å². The Bertz CT molecular complexity index is 536. The highest BCUT2D eigenvalue weighted by Crippen LogP contribution is 2.13. The molecule has 0 heterocycles. The summed E-state index contributed by atoms with van der Waals surface area (Å²) in [5, 5.41) is 8.84. The molecule has 19 heavy (non-hydrogen) atoms. The Kier molecular flexibility index (Phi) is 5.50. The molecule has 1 aromatic carbocycles. The molecular weight excluding hydrogens is 268 g/mol. The predicted octanol–water partition coefficient (Wildman–Crippen LogP) is 1.97. The second kappa shape index (κ2) is 6.68. The summed E-state index contributed by atoms with van der Waals surface area (Å²) in [6.07, 6.45) is 0.828. The van der Waals surface area contributed by atoms with E-state index in [2.05, 4.69) is 0 Å². The molecule has 0 bridgehead atoms. The average Bonchev–Trinajstić information content (AvgIpc) is 2.38. The van der Waals surface area contributed by atoms with E-state index in [4.69, 9.17) is 9.84 Å². The topological polar surface area (TPSA) is 80.7 Å². The second-order valence-electron chi connectivity index (χ2n) is 4.24. The van der Waals surface area contributed by atoms with E-state index >= 15 is 0 Å². The molecule has 0 aliphatic rings. The van der Waals surface area contributed by atoms with Crippen LogP contribution < -0.4 is 0 Å². The van der Waals surface area contributed by atoms with Crippen molar-refractivity contribution in [1.82, 2.24) is 0 Å². The highest BCUT2D eigenvalue weighted by molar-refractivity contribution is 7.91. The van der Waals surface area contributed by atoms with Gasteiger partial charge < -0.3 is 9.84 Å². The van der Waals surface area contributed by atoms with Crippen LogP contribution in [0.5, 0.6) is 0 Å². The van der Waals surface area contributed by atoms with E-state index in [1.54, 1.807) is 0 Å². The number of carboxylic acids is 1. The number of rotatable bonds is 7. The predicted molar refractivity (Wildman–Crippen MR) is 71.2 cm³/mol. The molecular formula is C13H18O5S. The van der Waals surface area contributed by atoms with Gasteiger partial charge in [0.25, 0.3) is 0 Å². The molecule has 6 heteroatoms. The van der Waals surface area contributed by atoms with Gasteiger partial charge in [-0.3, -0.25) is 0 Å². The molecule has 0 saturated carbocycles. The van der Waals surface area contributed by atoms with Gasteiger partial charge in [0.1, 0.15) is 0 Å². The summed E-state index contributed by atoms with van der Waals surface area (Å²) in [6.45, 7) is 3.93. The maximum absolute atomic E-state index is 12.0. The van der Waals surface area contributed by atoms with Gasteiger partial charge >= 0.3 is 5.97 Å². The van der Waals surface area contributed by atoms with Gasteiger partial charge in [0.05, 0.1) is 28.9 Å². The first-order valence-electron chi connectivity index (χ1n) is 6.04. The van der Waals surface area contributed by atoms with Gasteiger partial charge in [0, 0.05) is 0 Å². The smallest absolute Gasteiger partial charge is 0.335 e. The van der Waals surface area contributed by atoms with E-state index in [1.165, 1.54) is 24.3 Å². The third-order valence-electron chi connectivity index (χ3n) is 2.77. The molecule has 0 spiro atoms. The fraction of sp³-hybridized carbons (Fsp3) is 0.462. The van der Waals surface area contributed by atoms with Crippen LogP contribution in [0.2, 0.25) is 0 Å². The van der Waals surface area contributed by atoms with E-state index in [-0.39, 0.29) is 28.9 Å². The van der Waals surface area contributed by atoms with Crippen molar-refractivity contribution in [2.45, 2.75) is 31.3 Å². The number of benzene rings is 1. The molecule has 0 aliphatic carbocycles. The minimum atomic E-state index is -3.51. The monoisotopic (exact) mass is 286 g/mol. The Morgan fingerprint density at radius 1 is 1.42 bits per heavy atom. The second-order valence-corrected chi connectivity index (χ2v) is 6.35. The maximum Gasteiger partial charge on any atom is 0.335 e. The number of sulfone groups is 1. The largest absolute Gasteiger partial charge is 0.478 e. The summed E-state index contributed by atoms with van der Waals surface area (Å²) in [7, 11) is -3.51. The Balaban J connectivity index is 2.77. The summed E-state index contributed by atoms with van der Waals surface area (Å²) >= 11 is 0. The summed E-state index contributed by atoms with van der Waals surface area (Å²) < 4.78 is 29.3. The Morgan fingerprint density at radius 3 is 2.68 bits per heavy atom. The maximum atomic E-state index is 12.0. The number of hydrogen-bond acceptors (Lipinski definition) is 4. The summed E-state index contributed by atoms with van der Waals surface area (Å²) in [5.41, 5.74) is -0.0380. The first kappa shape index (κ1) is 15.7. The summed E-state index contributed by atoms with van der Waals surface area (Å²) in [6, 6.07) is 5.34. The molecule has 106 valence electrons. The molecule has 1 N–H and O–H groups in total. The zero-order valence-corrected chi connectivity index (χ0v) is 11.8. The van der Waals surface area contributed by atoms with Crippen molar-refractivity contribution in [2.24, 2.45) is 0 Å². The fourth-order valence-corrected chi connectivity index (χ4v) is 2.56. The lowest BCUT2D eigenvalue weighted by molar-refractivity contribution is 0.0696. The van der Waals surface area contributed by atoms with E-state index in [9.17, 15) is 13.2 Å². The molecule has 0 amide bonds. The van der Waals surface area contributed by atoms with Gasteiger partial charge in [0.15, 0.2) is 9.84 Å². The Labute approximate surface area is 113 Å². The molecule has 1 rings (SSSR count). The van der Waals surface area contributed by atoms with Crippen molar-refractivity contribution in [3.63, 3.8) is 0 Å². The fourth-order valence-electron chi connectivity index (χ4n) is 1.42.